The van der Waals surface area contributed by atoms with E-state index in [1.165, 1.54) is 11.3 Å². The molecule has 1 aliphatic carbocycles. The molecule has 2 N–H and O–H groups in total. The topological polar surface area (TPSA) is 63.0 Å². The van der Waals surface area contributed by atoms with Crippen LogP contribution in [0.5, 0.6) is 0 Å². The van der Waals surface area contributed by atoms with Crippen LogP contribution in [0.25, 0.3) is 0 Å². The molecular formula is C14H20N4OS. The smallest absolute Gasteiger partial charge is 0.0897 e. The number of nitrogens with one attached hydrogen (secondary N) is 1. The molecule has 2 aromatic rings. The van der Waals surface area contributed by atoms with E-state index in [0.717, 1.165) is 36.5 Å². The molecule has 0 amide bonds. The molecule has 0 bridgehead atoms. The van der Waals surface area contributed by atoms with E-state index in [1.807, 2.05) is 17.8 Å². The maximum absolute atomic E-state index is 9.08. The SMILES string of the molecule is Cc1nc(CNC2CCCc3c2cnn3CCO)cs1. The zero-order chi connectivity index (χ0) is 13.9. The van der Waals surface area contributed by atoms with Crippen molar-refractivity contribution in [1.29, 1.82) is 0 Å². The Morgan fingerprint density at radius 1 is 1.55 bits per heavy atom. The second-order valence-electron chi connectivity index (χ2n) is 5.18. The summed E-state index contributed by atoms with van der Waals surface area (Å²) in [6.07, 6.45) is 5.32. The lowest BCUT2D eigenvalue weighted by Crippen LogP contribution is -2.25. The van der Waals surface area contributed by atoms with Crippen LogP contribution in [0.1, 0.15) is 40.8 Å². The second kappa shape index (κ2) is 6.03. The van der Waals surface area contributed by atoms with E-state index >= 15 is 0 Å². The van der Waals surface area contributed by atoms with Gasteiger partial charge in [-0.05, 0) is 26.2 Å². The highest BCUT2D eigenvalue weighted by molar-refractivity contribution is 7.09. The first-order valence-corrected chi connectivity index (χ1v) is 7.95. The number of rotatable bonds is 5. The van der Waals surface area contributed by atoms with Gasteiger partial charge in [-0.2, -0.15) is 5.10 Å². The van der Waals surface area contributed by atoms with Gasteiger partial charge in [-0.3, -0.25) is 4.68 Å². The third kappa shape index (κ3) is 2.77. The van der Waals surface area contributed by atoms with Crippen molar-refractivity contribution in [2.45, 2.75) is 45.3 Å². The van der Waals surface area contributed by atoms with Gasteiger partial charge in [0.2, 0.25) is 0 Å². The fraction of sp³-hybridized carbons (Fsp3) is 0.571. The molecule has 1 aliphatic rings. The maximum atomic E-state index is 9.08. The van der Waals surface area contributed by atoms with E-state index in [2.05, 4.69) is 20.8 Å². The summed E-state index contributed by atoms with van der Waals surface area (Å²) in [5, 5.41) is 20.3. The van der Waals surface area contributed by atoms with Crippen LogP contribution in [0.15, 0.2) is 11.6 Å². The van der Waals surface area contributed by atoms with Crippen molar-refractivity contribution in [2.75, 3.05) is 6.61 Å². The lowest BCUT2D eigenvalue weighted by Gasteiger charge is -2.24. The number of aromatic nitrogens is 3. The molecule has 6 heteroatoms. The van der Waals surface area contributed by atoms with Gasteiger partial charge in [0.25, 0.3) is 0 Å². The van der Waals surface area contributed by atoms with E-state index in [0.29, 0.717) is 12.6 Å². The van der Waals surface area contributed by atoms with E-state index in [9.17, 15) is 0 Å². The van der Waals surface area contributed by atoms with Crippen molar-refractivity contribution >= 4 is 11.3 Å². The number of aliphatic hydroxyl groups is 1. The summed E-state index contributed by atoms with van der Waals surface area (Å²) >= 11 is 1.69. The normalized spacial score (nSPS) is 18.2. The van der Waals surface area contributed by atoms with Gasteiger partial charge < -0.3 is 10.4 Å². The third-order valence-corrected chi connectivity index (χ3v) is 4.59. The largest absolute Gasteiger partial charge is 0.394 e. The second-order valence-corrected chi connectivity index (χ2v) is 6.24. The number of aliphatic hydroxyl groups excluding tert-OH is 1. The molecule has 0 saturated carbocycles. The maximum Gasteiger partial charge on any atom is 0.0897 e. The van der Waals surface area contributed by atoms with Gasteiger partial charge in [0, 0.05) is 29.2 Å². The zero-order valence-electron chi connectivity index (χ0n) is 11.7. The molecule has 1 unspecified atom stereocenters. The van der Waals surface area contributed by atoms with Gasteiger partial charge in [0.05, 0.1) is 30.1 Å². The van der Waals surface area contributed by atoms with Crippen LogP contribution in [0, 0.1) is 6.92 Å². The lowest BCUT2D eigenvalue weighted by molar-refractivity contribution is 0.266. The van der Waals surface area contributed by atoms with Gasteiger partial charge in [-0.15, -0.1) is 11.3 Å². The number of nitrogens with zero attached hydrogens (tertiary/aromatic N) is 3. The summed E-state index contributed by atoms with van der Waals surface area (Å²) in [4.78, 5) is 4.49. The molecule has 108 valence electrons. The van der Waals surface area contributed by atoms with E-state index in [1.54, 1.807) is 11.3 Å². The third-order valence-electron chi connectivity index (χ3n) is 3.77. The average molecular weight is 292 g/mol. The van der Waals surface area contributed by atoms with Crippen molar-refractivity contribution in [3.63, 3.8) is 0 Å². The van der Waals surface area contributed by atoms with Crippen molar-refractivity contribution in [3.8, 4) is 0 Å². The standard InChI is InChI=1S/C14H20N4OS/c1-10-17-11(9-20-10)7-15-13-3-2-4-14-12(13)8-16-18(14)5-6-19/h8-9,13,15,19H,2-7H2,1H3. The summed E-state index contributed by atoms with van der Waals surface area (Å²) in [5.74, 6) is 0. The predicted molar refractivity (Wildman–Crippen MR) is 78.7 cm³/mol. The molecule has 1 atom stereocenters. The Kier molecular flexibility index (Phi) is 4.14. The van der Waals surface area contributed by atoms with Crippen LogP contribution in [0.3, 0.4) is 0 Å². The zero-order valence-corrected chi connectivity index (χ0v) is 12.5. The minimum Gasteiger partial charge on any atom is -0.394 e. The highest BCUT2D eigenvalue weighted by Crippen LogP contribution is 2.29. The first-order chi connectivity index (χ1) is 9.78. The minimum atomic E-state index is 0.143. The first kappa shape index (κ1) is 13.7. The summed E-state index contributed by atoms with van der Waals surface area (Å²) in [6.45, 7) is 3.57. The predicted octanol–water partition coefficient (Wildman–Crippen LogP) is 1.81. The van der Waals surface area contributed by atoms with Crippen molar-refractivity contribution < 1.29 is 5.11 Å². The van der Waals surface area contributed by atoms with Crippen LogP contribution in [-0.2, 0) is 19.5 Å². The van der Waals surface area contributed by atoms with Gasteiger partial charge in [-0.1, -0.05) is 0 Å². The van der Waals surface area contributed by atoms with Gasteiger partial charge in [0.15, 0.2) is 0 Å². The first-order valence-electron chi connectivity index (χ1n) is 7.07. The summed E-state index contributed by atoms with van der Waals surface area (Å²) in [5.41, 5.74) is 3.68. The molecule has 0 fully saturated rings. The summed E-state index contributed by atoms with van der Waals surface area (Å²) in [6, 6.07) is 0.355. The number of thiazole rings is 1. The van der Waals surface area contributed by atoms with Crippen LogP contribution in [-0.4, -0.2) is 26.5 Å². The van der Waals surface area contributed by atoms with Crippen molar-refractivity contribution in [1.82, 2.24) is 20.1 Å². The molecule has 0 aliphatic heterocycles. The van der Waals surface area contributed by atoms with Crippen LogP contribution < -0.4 is 5.32 Å². The van der Waals surface area contributed by atoms with Gasteiger partial charge in [-0.25, -0.2) is 4.98 Å². The Balaban J connectivity index is 1.70. The Bertz CT molecular complexity index is 577. The fourth-order valence-corrected chi connectivity index (χ4v) is 3.45. The molecular weight excluding hydrogens is 272 g/mol. The molecule has 2 aromatic heterocycles. The summed E-state index contributed by atoms with van der Waals surface area (Å²) < 4.78 is 1.94. The minimum absolute atomic E-state index is 0.143. The molecule has 0 saturated heterocycles. The van der Waals surface area contributed by atoms with Gasteiger partial charge >= 0.3 is 0 Å². The number of hydrogen-bond donors (Lipinski definition) is 2. The van der Waals surface area contributed by atoms with Gasteiger partial charge in [0.1, 0.15) is 0 Å². The number of aryl methyl sites for hydroxylation is 1. The molecule has 0 radical (unpaired) electrons. The van der Waals surface area contributed by atoms with Crippen LogP contribution >= 0.6 is 11.3 Å². The average Bonchev–Trinajstić information content (AvgIpc) is 3.04. The van der Waals surface area contributed by atoms with E-state index in [4.69, 9.17) is 5.11 Å². The number of hydrogen-bond acceptors (Lipinski definition) is 5. The highest BCUT2D eigenvalue weighted by atomic mass is 32.1. The van der Waals surface area contributed by atoms with Crippen molar-refractivity contribution in [3.05, 3.63) is 33.5 Å². The quantitative estimate of drug-likeness (QED) is 0.882. The molecule has 3 rings (SSSR count). The van der Waals surface area contributed by atoms with Crippen molar-refractivity contribution in [2.24, 2.45) is 0 Å². The number of fused-ring (bicyclic) bond motifs is 1. The monoisotopic (exact) mass is 292 g/mol. The Hall–Kier alpha value is -1.24. The Morgan fingerprint density at radius 2 is 2.45 bits per heavy atom. The van der Waals surface area contributed by atoms with E-state index < -0.39 is 0 Å². The Labute approximate surface area is 122 Å². The highest BCUT2D eigenvalue weighted by Gasteiger charge is 2.23. The van der Waals surface area contributed by atoms with Crippen LogP contribution in [0.4, 0.5) is 0 Å². The molecule has 5 nitrogen and oxygen atoms in total. The molecule has 20 heavy (non-hydrogen) atoms. The van der Waals surface area contributed by atoms with Crippen LogP contribution in [0.2, 0.25) is 0 Å². The lowest BCUT2D eigenvalue weighted by atomic mass is 9.93. The molecule has 0 spiro atoms. The molecule has 0 aromatic carbocycles. The Morgan fingerprint density at radius 3 is 3.20 bits per heavy atom. The summed E-state index contributed by atoms with van der Waals surface area (Å²) in [7, 11) is 0. The van der Waals surface area contributed by atoms with E-state index in [-0.39, 0.29) is 6.61 Å². The molecule has 2 heterocycles. The fourth-order valence-electron chi connectivity index (χ4n) is 2.84.